The van der Waals surface area contributed by atoms with Crippen molar-refractivity contribution in [3.05, 3.63) is 57.8 Å². The Balaban J connectivity index is 1.86. The predicted molar refractivity (Wildman–Crippen MR) is 78.8 cm³/mol. The molecule has 2 aromatic rings. The van der Waals surface area contributed by atoms with Crippen LogP contribution in [0.5, 0.6) is 5.75 Å². The lowest BCUT2D eigenvalue weighted by molar-refractivity contribution is -0.0499. The summed E-state index contributed by atoms with van der Waals surface area (Å²) in [6, 6.07) is 7.83. The smallest absolute Gasteiger partial charge is 0.387 e. The molecule has 1 saturated carbocycles. The average Bonchev–Trinajstić information content (AvgIpc) is 3.30. The first-order valence-electron chi connectivity index (χ1n) is 6.95. The molecule has 1 aliphatic carbocycles. The summed E-state index contributed by atoms with van der Waals surface area (Å²) in [5, 5.41) is 0. The van der Waals surface area contributed by atoms with E-state index in [2.05, 4.69) is 14.7 Å². The molecule has 1 fully saturated rings. The first-order valence-corrected chi connectivity index (χ1v) is 6.95. The molecule has 0 spiro atoms. The summed E-state index contributed by atoms with van der Waals surface area (Å²) >= 11 is 0. The monoisotopic (exact) mass is 304 g/mol. The van der Waals surface area contributed by atoms with Gasteiger partial charge in [-0.3, -0.25) is 4.79 Å². The van der Waals surface area contributed by atoms with Crippen LogP contribution in [-0.4, -0.2) is 16.6 Å². The zero-order valence-electron chi connectivity index (χ0n) is 11.6. The number of aromatic amines is 1. The van der Waals surface area contributed by atoms with Crippen LogP contribution in [0.4, 0.5) is 8.78 Å². The van der Waals surface area contributed by atoms with Gasteiger partial charge in [-0.25, -0.2) is 4.98 Å². The molecule has 1 aromatic carbocycles. The van der Waals surface area contributed by atoms with Gasteiger partial charge in [0.15, 0.2) is 0 Å². The standard InChI is InChI=1S/C16H14F2N2O2/c17-16(18)22-13-4-2-1-3-10(13)7-8-12-9-14(21)20-15(19-12)11-5-6-11/h1-4,7-9,11,16H,5-6H2,(H,19,20,21)/b8-7+. The molecule has 0 amide bonds. The van der Waals surface area contributed by atoms with Crippen LogP contribution in [0.3, 0.4) is 0 Å². The summed E-state index contributed by atoms with van der Waals surface area (Å²) in [6.07, 6.45) is 5.29. The SMILES string of the molecule is O=c1cc(/C=C/c2ccccc2OC(F)F)nc(C2CC2)[nH]1. The maximum Gasteiger partial charge on any atom is 0.387 e. The minimum absolute atomic E-state index is 0.0843. The second-order valence-electron chi connectivity index (χ2n) is 5.08. The largest absolute Gasteiger partial charge is 0.434 e. The van der Waals surface area contributed by atoms with Crippen LogP contribution in [0, 0.1) is 0 Å². The van der Waals surface area contributed by atoms with Crippen molar-refractivity contribution in [2.75, 3.05) is 0 Å². The zero-order valence-corrected chi connectivity index (χ0v) is 11.6. The maximum absolute atomic E-state index is 12.4. The molecule has 0 unspecified atom stereocenters. The Labute approximate surface area is 125 Å². The molecule has 3 rings (SSSR count). The van der Waals surface area contributed by atoms with Crippen molar-refractivity contribution in [1.29, 1.82) is 0 Å². The van der Waals surface area contributed by atoms with E-state index in [0.717, 1.165) is 12.8 Å². The highest BCUT2D eigenvalue weighted by Gasteiger charge is 2.26. The van der Waals surface area contributed by atoms with Gasteiger partial charge >= 0.3 is 6.61 Å². The van der Waals surface area contributed by atoms with Crippen LogP contribution < -0.4 is 10.3 Å². The third-order valence-electron chi connectivity index (χ3n) is 3.31. The molecule has 1 heterocycles. The first kappa shape index (κ1) is 14.4. The number of aromatic nitrogens is 2. The molecule has 1 N–H and O–H groups in total. The van der Waals surface area contributed by atoms with Crippen LogP contribution in [0.2, 0.25) is 0 Å². The van der Waals surface area contributed by atoms with E-state index >= 15 is 0 Å². The number of halogens is 2. The fraction of sp³-hybridized carbons (Fsp3) is 0.250. The lowest BCUT2D eigenvalue weighted by Gasteiger charge is -2.07. The number of hydrogen-bond donors (Lipinski definition) is 1. The fourth-order valence-corrected chi connectivity index (χ4v) is 2.13. The van der Waals surface area contributed by atoms with E-state index in [-0.39, 0.29) is 11.3 Å². The normalized spacial score (nSPS) is 14.7. The zero-order chi connectivity index (χ0) is 15.5. The third kappa shape index (κ3) is 3.58. The Bertz CT molecular complexity index is 752. The summed E-state index contributed by atoms with van der Waals surface area (Å²) < 4.78 is 29.2. The van der Waals surface area contributed by atoms with Gasteiger partial charge < -0.3 is 9.72 Å². The summed E-state index contributed by atoms with van der Waals surface area (Å²) in [5.74, 6) is 1.10. The van der Waals surface area contributed by atoms with Gasteiger partial charge in [0.1, 0.15) is 11.6 Å². The van der Waals surface area contributed by atoms with E-state index in [1.807, 2.05) is 0 Å². The van der Waals surface area contributed by atoms with Crippen molar-refractivity contribution in [1.82, 2.24) is 9.97 Å². The molecule has 0 atom stereocenters. The van der Waals surface area contributed by atoms with E-state index < -0.39 is 6.61 Å². The summed E-state index contributed by atoms with van der Waals surface area (Å²) in [6.45, 7) is -2.88. The van der Waals surface area contributed by atoms with Gasteiger partial charge in [0.2, 0.25) is 0 Å². The van der Waals surface area contributed by atoms with E-state index in [1.54, 1.807) is 30.4 Å². The van der Waals surface area contributed by atoms with Crippen molar-refractivity contribution in [2.24, 2.45) is 0 Å². The van der Waals surface area contributed by atoms with Crippen molar-refractivity contribution in [3.63, 3.8) is 0 Å². The van der Waals surface area contributed by atoms with E-state index in [4.69, 9.17) is 0 Å². The van der Waals surface area contributed by atoms with Gasteiger partial charge in [0, 0.05) is 17.5 Å². The van der Waals surface area contributed by atoms with E-state index in [0.29, 0.717) is 23.0 Å². The van der Waals surface area contributed by atoms with Gasteiger partial charge in [-0.2, -0.15) is 8.78 Å². The van der Waals surface area contributed by atoms with Crippen LogP contribution in [-0.2, 0) is 0 Å². The van der Waals surface area contributed by atoms with Crippen LogP contribution in [0.1, 0.15) is 35.8 Å². The lowest BCUT2D eigenvalue weighted by atomic mass is 10.1. The van der Waals surface area contributed by atoms with Crippen LogP contribution in [0.15, 0.2) is 35.1 Å². The molecule has 4 nitrogen and oxygen atoms in total. The minimum Gasteiger partial charge on any atom is -0.434 e. The Morgan fingerprint density at radius 2 is 2.05 bits per heavy atom. The quantitative estimate of drug-likeness (QED) is 0.921. The van der Waals surface area contributed by atoms with Crippen molar-refractivity contribution in [3.8, 4) is 5.75 Å². The third-order valence-corrected chi connectivity index (χ3v) is 3.31. The molecule has 0 bridgehead atoms. The molecule has 0 aliphatic heterocycles. The number of hydrogen-bond acceptors (Lipinski definition) is 3. The molecule has 1 aliphatic rings. The second kappa shape index (κ2) is 6.09. The highest BCUT2D eigenvalue weighted by molar-refractivity contribution is 5.71. The molecule has 1 aromatic heterocycles. The number of para-hydroxylation sites is 1. The average molecular weight is 304 g/mol. The number of nitrogens with one attached hydrogen (secondary N) is 1. The predicted octanol–water partition coefficient (Wildman–Crippen LogP) is 3.42. The Kier molecular flexibility index (Phi) is 4.00. The van der Waals surface area contributed by atoms with Gasteiger partial charge in [-0.05, 0) is 31.1 Å². The second-order valence-corrected chi connectivity index (χ2v) is 5.08. The molecule has 22 heavy (non-hydrogen) atoms. The van der Waals surface area contributed by atoms with Crippen molar-refractivity contribution >= 4 is 12.2 Å². The van der Waals surface area contributed by atoms with Crippen molar-refractivity contribution in [2.45, 2.75) is 25.4 Å². The van der Waals surface area contributed by atoms with E-state index in [1.165, 1.54) is 12.1 Å². The summed E-state index contributed by atoms with van der Waals surface area (Å²) in [5.41, 5.74) is 0.781. The van der Waals surface area contributed by atoms with Gasteiger partial charge in [0.25, 0.3) is 5.56 Å². The lowest BCUT2D eigenvalue weighted by Crippen LogP contribution is -2.10. The Hall–Kier alpha value is -2.50. The van der Waals surface area contributed by atoms with Gasteiger partial charge in [-0.1, -0.05) is 18.2 Å². The number of rotatable bonds is 5. The summed E-state index contributed by atoms with van der Waals surface area (Å²) in [7, 11) is 0. The fourth-order valence-electron chi connectivity index (χ4n) is 2.13. The Morgan fingerprint density at radius 1 is 1.27 bits per heavy atom. The number of H-pyrrole nitrogens is 1. The first-order chi connectivity index (χ1) is 10.6. The topological polar surface area (TPSA) is 55.0 Å². The highest BCUT2D eigenvalue weighted by atomic mass is 19.3. The van der Waals surface area contributed by atoms with Crippen molar-refractivity contribution < 1.29 is 13.5 Å². The maximum atomic E-state index is 12.4. The number of ether oxygens (including phenoxy) is 1. The molecular formula is C16H14F2N2O2. The van der Waals surface area contributed by atoms with Gasteiger partial charge in [0.05, 0.1) is 5.69 Å². The molecule has 114 valence electrons. The minimum atomic E-state index is -2.88. The molecule has 0 saturated heterocycles. The number of benzene rings is 1. The van der Waals surface area contributed by atoms with Crippen LogP contribution >= 0.6 is 0 Å². The van der Waals surface area contributed by atoms with E-state index in [9.17, 15) is 13.6 Å². The molecule has 0 radical (unpaired) electrons. The summed E-state index contributed by atoms with van der Waals surface area (Å²) in [4.78, 5) is 18.7. The number of alkyl halides is 2. The highest BCUT2D eigenvalue weighted by Crippen LogP contribution is 2.37. The van der Waals surface area contributed by atoms with Gasteiger partial charge in [-0.15, -0.1) is 0 Å². The van der Waals surface area contributed by atoms with Crippen LogP contribution in [0.25, 0.3) is 12.2 Å². The molecular weight excluding hydrogens is 290 g/mol. The molecule has 6 heteroatoms. The number of nitrogens with zero attached hydrogens (tertiary/aromatic N) is 1. The Morgan fingerprint density at radius 3 is 2.77 bits per heavy atom.